The van der Waals surface area contributed by atoms with Crippen LogP contribution in [0.15, 0.2) is 48.5 Å². The minimum atomic E-state index is -1.15. The summed E-state index contributed by atoms with van der Waals surface area (Å²) in [5.41, 5.74) is 4.63. The molecular formula is C27H32N2O6. The summed E-state index contributed by atoms with van der Waals surface area (Å²) in [5.74, 6) is -1.61. The van der Waals surface area contributed by atoms with Gasteiger partial charge in [0.15, 0.2) is 6.04 Å². The van der Waals surface area contributed by atoms with Gasteiger partial charge in [-0.15, -0.1) is 0 Å². The monoisotopic (exact) mass is 480 g/mol. The van der Waals surface area contributed by atoms with Crippen LogP contribution in [0.5, 0.6) is 0 Å². The zero-order valence-corrected chi connectivity index (χ0v) is 20.0. The number of fused-ring (bicyclic) bond motifs is 3. The Bertz CT molecular complexity index is 1040. The number of alkyl carbamates (subject to hydrolysis) is 1. The van der Waals surface area contributed by atoms with Gasteiger partial charge in [-0.2, -0.15) is 0 Å². The summed E-state index contributed by atoms with van der Waals surface area (Å²) in [7, 11) is 1.40. The summed E-state index contributed by atoms with van der Waals surface area (Å²) < 4.78 is 10.7. The molecule has 1 saturated carbocycles. The van der Waals surface area contributed by atoms with Gasteiger partial charge in [-0.25, -0.2) is 9.59 Å². The maximum Gasteiger partial charge on any atom is 0.407 e. The number of aliphatic carboxylic acids is 1. The van der Waals surface area contributed by atoms with E-state index in [-0.39, 0.29) is 36.8 Å². The lowest BCUT2D eigenvalue weighted by Gasteiger charge is -2.24. The summed E-state index contributed by atoms with van der Waals surface area (Å²) in [5, 5.41) is 14.8. The van der Waals surface area contributed by atoms with Crippen LogP contribution in [0, 0.1) is 5.92 Å². The van der Waals surface area contributed by atoms with Crippen molar-refractivity contribution < 1.29 is 29.0 Å². The van der Waals surface area contributed by atoms with Crippen LogP contribution in [0.2, 0.25) is 0 Å². The normalized spacial score (nSPS) is 20.4. The maximum absolute atomic E-state index is 12.7. The molecule has 1 fully saturated rings. The number of hydrogen-bond acceptors (Lipinski definition) is 5. The number of methoxy groups -OCH3 is 1. The molecule has 0 heterocycles. The minimum absolute atomic E-state index is 0.0194. The fraction of sp³-hybridized carbons (Fsp3) is 0.444. The molecule has 8 nitrogen and oxygen atoms in total. The van der Waals surface area contributed by atoms with E-state index in [9.17, 15) is 19.5 Å². The Morgan fingerprint density at radius 1 is 1.03 bits per heavy atom. The number of carboxylic acid groups (broad SMARTS) is 1. The van der Waals surface area contributed by atoms with Gasteiger partial charge in [-0.1, -0.05) is 55.0 Å². The molecule has 2 amide bonds. The highest BCUT2D eigenvalue weighted by Gasteiger charge is 2.34. The minimum Gasteiger partial charge on any atom is -0.480 e. The van der Waals surface area contributed by atoms with Crippen LogP contribution in [0.4, 0.5) is 4.79 Å². The van der Waals surface area contributed by atoms with Gasteiger partial charge in [-0.3, -0.25) is 4.79 Å². The first-order chi connectivity index (χ1) is 16.9. The Morgan fingerprint density at radius 2 is 1.66 bits per heavy atom. The van der Waals surface area contributed by atoms with Crippen LogP contribution in [-0.2, 0) is 19.1 Å². The van der Waals surface area contributed by atoms with E-state index in [1.807, 2.05) is 24.3 Å². The predicted molar refractivity (Wildman–Crippen MR) is 130 cm³/mol. The first-order valence-electron chi connectivity index (χ1n) is 12.1. The molecule has 35 heavy (non-hydrogen) atoms. The van der Waals surface area contributed by atoms with E-state index in [0.717, 1.165) is 30.4 Å². The molecule has 2 aromatic rings. The Kier molecular flexibility index (Phi) is 7.70. The number of carboxylic acids is 1. The Morgan fingerprint density at radius 3 is 2.26 bits per heavy atom. The Labute approximate surface area is 205 Å². The molecule has 0 spiro atoms. The highest BCUT2D eigenvalue weighted by Crippen LogP contribution is 2.44. The highest BCUT2D eigenvalue weighted by atomic mass is 16.5. The van der Waals surface area contributed by atoms with Gasteiger partial charge < -0.3 is 25.2 Å². The van der Waals surface area contributed by atoms with Crippen molar-refractivity contribution in [3.05, 3.63) is 59.7 Å². The summed E-state index contributed by atoms with van der Waals surface area (Å²) in [4.78, 5) is 36.7. The molecule has 0 bridgehead atoms. The zero-order valence-electron chi connectivity index (χ0n) is 20.0. The number of rotatable bonds is 9. The topological polar surface area (TPSA) is 114 Å². The molecule has 0 aromatic heterocycles. The first-order valence-corrected chi connectivity index (χ1v) is 12.1. The number of carbonyl (C=O) groups excluding carboxylic acids is 2. The van der Waals surface area contributed by atoms with Crippen molar-refractivity contribution in [3.63, 3.8) is 0 Å². The summed E-state index contributed by atoms with van der Waals surface area (Å²) in [6, 6.07) is 15.0. The van der Waals surface area contributed by atoms with Gasteiger partial charge in [0.2, 0.25) is 5.91 Å². The van der Waals surface area contributed by atoms with E-state index in [0.29, 0.717) is 0 Å². The van der Waals surface area contributed by atoms with Crippen molar-refractivity contribution in [3.8, 4) is 11.1 Å². The molecule has 4 rings (SSSR count). The predicted octanol–water partition coefficient (Wildman–Crippen LogP) is 3.69. The van der Waals surface area contributed by atoms with E-state index < -0.39 is 24.2 Å². The van der Waals surface area contributed by atoms with Gasteiger partial charge in [0.25, 0.3) is 0 Å². The highest BCUT2D eigenvalue weighted by molar-refractivity contribution is 5.84. The lowest BCUT2D eigenvalue weighted by atomic mass is 9.98. The SMILES string of the molecule is CO[C@H](C)[C@H](NC(=O)CC1CCCC1NC(=O)OCC1c2ccccc2-c2ccccc21)C(=O)O. The van der Waals surface area contributed by atoms with Gasteiger partial charge in [0, 0.05) is 25.5 Å². The van der Waals surface area contributed by atoms with Crippen LogP contribution in [0.1, 0.15) is 49.7 Å². The first kappa shape index (κ1) is 24.7. The van der Waals surface area contributed by atoms with E-state index >= 15 is 0 Å². The van der Waals surface area contributed by atoms with Crippen molar-refractivity contribution in [2.75, 3.05) is 13.7 Å². The van der Waals surface area contributed by atoms with E-state index in [4.69, 9.17) is 9.47 Å². The number of amides is 2. The Hall–Kier alpha value is -3.39. The van der Waals surface area contributed by atoms with Crippen LogP contribution in [0.25, 0.3) is 11.1 Å². The Balaban J connectivity index is 1.32. The fourth-order valence-corrected chi connectivity index (χ4v) is 5.25. The smallest absolute Gasteiger partial charge is 0.407 e. The van der Waals surface area contributed by atoms with Gasteiger partial charge in [0.05, 0.1) is 6.10 Å². The molecule has 3 N–H and O–H groups in total. The summed E-state index contributed by atoms with van der Waals surface area (Å²) >= 11 is 0. The quantitative estimate of drug-likeness (QED) is 0.504. The second kappa shape index (κ2) is 10.9. The molecular weight excluding hydrogens is 448 g/mol. The largest absolute Gasteiger partial charge is 0.480 e. The van der Waals surface area contributed by atoms with Crippen LogP contribution in [0.3, 0.4) is 0 Å². The average molecular weight is 481 g/mol. The molecule has 2 aromatic carbocycles. The van der Waals surface area contributed by atoms with E-state index in [1.54, 1.807) is 6.92 Å². The van der Waals surface area contributed by atoms with Crippen molar-refractivity contribution in [2.24, 2.45) is 5.92 Å². The number of nitrogens with one attached hydrogen (secondary N) is 2. The summed E-state index contributed by atoms with van der Waals surface area (Å²) in [6.45, 7) is 1.82. The van der Waals surface area contributed by atoms with E-state index in [1.165, 1.54) is 18.2 Å². The number of benzene rings is 2. The second-order valence-corrected chi connectivity index (χ2v) is 9.30. The van der Waals surface area contributed by atoms with Crippen molar-refractivity contribution in [1.29, 1.82) is 0 Å². The number of ether oxygens (including phenoxy) is 2. The van der Waals surface area contributed by atoms with E-state index in [2.05, 4.69) is 34.9 Å². The molecule has 0 aliphatic heterocycles. The van der Waals surface area contributed by atoms with Crippen molar-refractivity contribution >= 4 is 18.0 Å². The van der Waals surface area contributed by atoms with Gasteiger partial charge in [0.1, 0.15) is 6.61 Å². The molecule has 4 atom stereocenters. The average Bonchev–Trinajstić information content (AvgIpc) is 3.42. The molecule has 8 heteroatoms. The third-order valence-electron chi connectivity index (χ3n) is 7.18. The lowest BCUT2D eigenvalue weighted by Crippen LogP contribution is -2.49. The van der Waals surface area contributed by atoms with Crippen molar-refractivity contribution in [2.45, 2.75) is 56.7 Å². The molecule has 2 aliphatic carbocycles. The molecule has 0 radical (unpaired) electrons. The zero-order chi connectivity index (χ0) is 24.9. The second-order valence-electron chi connectivity index (χ2n) is 9.30. The number of hydrogen-bond donors (Lipinski definition) is 3. The lowest BCUT2D eigenvalue weighted by molar-refractivity contribution is -0.145. The molecule has 2 unspecified atom stereocenters. The number of carbonyl (C=O) groups is 3. The fourth-order valence-electron chi connectivity index (χ4n) is 5.25. The maximum atomic E-state index is 12.7. The molecule has 2 aliphatic rings. The molecule has 0 saturated heterocycles. The molecule has 186 valence electrons. The summed E-state index contributed by atoms with van der Waals surface area (Å²) in [6.07, 6.45) is 1.38. The van der Waals surface area contributed by atoms with Crippen LogP contribution >= 0.6 is 0 Å². The third-order valence-corrected chi connectivity index (χ3v) is 7.18. The van der Waals surface area contributed by atoms with Crippen LogP contribution in [-0.4, -0.2) is 55.0 Å². The third kappa shape index (κ3) is 5.48. The standard InChI is InChI=1S/C27H32N2O6/c1-16(34-2)25(26(31)32)29-24(30)14-17-8-7-13-23(17)28-27(33)35-15-22-20-11-5-3-9-18(20)19-10-4-6-12-21(19)22/h3-6,9-12,16-17,22-23,25H,7-8,13-15H2,1-2H3,(H,28,33)(H,29,30)(H,31,32)/t16-,17?,23?,25+/m1/s1. The van der Waals surface area contributed by atoms with Crippen LogP contribution < -0.4 is 10.6 Å². The van der Waals surface area contributed by atoms with Crippen molar-refractivity contribution in [1.82, 2.24) is 10.6 Å². The van der Waals surface area contributed by atoms with Gasteiger partial charge >= 0.3 is 12.1 Å². The van der Waals surface area contributed by atoms with Gasteiger partial charge in [-0.05, 0) is 47.9 Å².